The molecule has 2 amide bonds. The van der Waals surface area contributed by atoms with Crippen molar-refractivity contribution in [2.45, 2.75) is 52.6 Å². The van der Waals surface area contributed by atoms with Gasteiger partial charge in [0.05, 0.1) is 0 Å². The van der Waals surface area contributed by atoms with Crippen molar-refractivity contribution in [1.82, 2.24) is 15.5 Å². The van der Waals surface area contributed by atoms with Crippen molar-refractivity contribution < 1.29 is 4.79 Å². The van der Waals surface area contributed by atoms with Crippen LogP contribution in [0.4, 0.5) is 4.79 Å². The predicted octanol–water partition coefficient (Wildman–Crippen LogP) is 3.17. The Morgan fingerprint density at radius 2 is 1.96 bits per heavy atom. The van der Waals surface area contributed by atoms with Crippen LogP contribution in [0.2, 0.25) is 0 Å². The van der Waals surface area contributed by atoms with Gasteiger partial charge in [-0.05, 0) is 41.7 Å². The average molecular weight is 329 g/mol. The summed E-state index contributed by atoms with van der Waals surface area (Å²) < 4.78 is 0. The minimum atomic E-state index is -0.0146. The molecule has 1 fully saturated rings. The van der Waals surface area contributed by atoms with Gasteiger partial charge in [-0.25, -0.2) is 4.79 Å². The fourth-order valence-electron chi connectivity index (χ4n) is 3.27. The Kier molecular flexibility index (Phi) is 5.14. The Labute approximate surface area is 146 Å². The first-order valence-electron chi connectivity index (χ1n) is 9.25. The zero-order valence-electron chi connectivity index (χ0n) is 15.3. The lowest BCUT2D eigenvalue weighted by Gasteiger charge is -2.37. The molecule has 132 valence electrons. The number of rotatable bonds is 5. The Morgan fingerprint density at radius 3 is 2.62 bits per heavy atom. The third-order valence-electron chi connectivity index (χ3n) is 5.25. The maximum absolute atomic E-state index is 12.2. The first-order chi connectivity index (χ1) is 11.4. The third-order valence-corrected chi connectivity index (χ3v) is 5.25. The molecule has 24 heavy (non-hydrogen) atoms. The molecule has 2 aliphatic rings. The van der Waals surface area contributed by atoms with Crippen LogP contribution in [-0.2, 0) is 13.0 Å². The van der Waals surface area contributed by atoms with Crippen molar-refractivity contribution in [2.24, 2.45) is 11.3 Å². The van der Waals surface area contributed by atoms with Crippen LogP contribution in [0.1, 0.15) is 44.7 Å². The van der Waals surface area contributed by atoms with Gasteiger partial charge in [0.25, 0.3) is 0 Å². The molecule has 0 radical (unpaired) electrons. The Hall–Kier alpha value is -1.55. The number of benzene rings is 1. The fourth-order valence-corrected chi connectivity index (χ4v) is 3.27. The molecule has 1 aromatic rings. The first-order valence-corrected chi connectivity index (χ1v) is 9.25. The summed E-state index contributed by atoms with van der Waals surface area (Å²) >= 11 is 0. The molecule has 0 bridgehead atoms. The summed E-state index contributed by atoms with van der Waals surface area (Å²) in [5.41, 5.74) is 2.93. The van der Waals surface area contributed by atoms with Gasteiger partial charge in [0.15, 0.2) is 0 Å². The zero-order chi connectivity index (χ0) is 17.2. The van der Waals surface area contributed by atoms with E-state index in [1.54, 1.807) is 0 Å². The lowest BCUT2D eigenvalue weighted by atomic mass is 9.86. The van der Waals surface area contributed by atoms with Crippen molar-refractivity contribution in [3.05, 3.63) is 35.4 Å². The highest BCUT2D eigenvalue weighted by atomic mass is 16.2. The molecular formula is C20H31N3O. The van der Waals surface area contributed by atoms with E-state index in [-0.39, 0.29) is 17.5 Å². The summed E-state index contributed by atoms with van der Waals surface area (Å²) in [5, 5.41) is 6.25. The van der Waals surface area contributed by atoms with Gasteiger partial charge in [-0.1, -0.05) is 45.0 Å². The normalized spacial score (nSPS) is 19.5. The molecule has 0 aromatic heterocycles. The van der Waals surface area contributed by atoms with E-state index in [0.29, 0.717) is 5.92 Å². The summed E-state index contributed by atoms with van der Waals surface area (Å²) in [6, 6.07) is 8.83. The molecule has 4 nitrogen and oxygen atoms in total. The van der Waals surface area contributed by atoms with Crippen LogP contribution in [0, 0.1) is 11.3 Å². The van der Waals surface area contributed by atoms with Gasteiger partial charge in [-0.3, -0.25) is 4.90 Å². The summed E-state index contributed by atoms with van der Waals surface area (Å²) in [4.78, 5) is 14.7. The van der Waals surface area contributed by atoms with Gasteiger partial charge >= 0.3 is 6.03 Å². The van der Waals surface area contributed by atoms with Gasteiger partial charge in [-0.2, -0.15) is 0 Å². The number of nitrogens with one attached hydrogen (secondary N) is 2. The summed E-state index contributed by atoms with van der Waals surface area (Å²) in [7, 11) is 0. The molecule has 1 atom stereocenters. The van der Waals surface area contributed by atoms with Crippen molar-refractivity contribution in [2.75, 3.05) is 19.6 Å². The monoisotopic (exact) mass is 329 g/mol. The largest absolute Gasteiger partial charge is 0.338 e. The molecular weight excluding hydrogens is 298 g/mol. The molecule has 2 N–H and O–H groups in total. The van der Waals surface area contributed by atoms with Crippen LogP contribution >= 0.6 is 0 Å². The highest BCUT2D eigenvalue weighted by Gasteiger charge is 2.30. The molecule has 1 aliphatic heterocycles. The molecule has 1 heterocycles. The molecule has 1 aromatic carbocycles. The highest BCUT2D eigenvalue weighted by Crippen LogP contribution is 2.27. The van der Waals surface area contributed by atoms with Gasteiger partial charge in [0.1, 0.15) is 0 Å². The second-order valence-corrected chi connectivity index (χ2v) is 8.47. The molecule has 3 rings (SSSR count). The lowest BCUT2D eigenvalue weighted by molar-refractivity contribution is 0.161. The molecule has 0 saturated heterocycles. The second kappa shape index (κ2) is 7.14. The van der Waals surface area contributed by atoms with E-state index in [1.165, 1.54) is 24.0 Å². The zero-order valence-corrected chi connectivity index (χ0v) is 15.3. The van der Waals surface area contributed by atoms with Gasteiger partial charge in [-0.15, -0.1) is 0 Å². The molecule has 4 heteroatoms. The smallest absolute Gasteiger partial charge is 0.315 e. The minimum absolute atomic E-state index is 0.0146. The number of carbonyl (C=O) groups is 1. The van der Waals surface area contributed by atoms with Crippen LogP contribution in [0.5, 0.6) is 0 Å². The minimum Gasteiger partial charge on any atom is -0.338 e. The van der Waals surface area contributed by atoms with E-state index in [9.17, 15) is 4.79 Å². The van der Waals surface area contributed by atoms with Crippen LogP contribution < -0.4 is 10.6 Å². The number of fused-ring (bicyclic) bond motifs is 1. The van der Waals surface area contributed by atoms with Crippen molar-refractivity contribution >= 4 is 6.03 Å². The van der Waals surface area contributed by atoms with E-state index in [4.69, 9.17) is 0 Å². The number of urea groups is 1. The van der Waals surface area contributed by atoms with Gasteiger partial charge < -0.3 is 10.6 Å². The quantitative estimate of drug-likeness (QED) is 0.871. The molecule has 0 unspecified atom stereocenters. The van der Waals surface area contributed by atoms with Gasteiger partial charge in [0.2, 0.25) is 0 Å². The number of hydrogen-bond donors (Lipinski definition) is 2. The maximum Gasteiger partial charge on any atom is 0.315 e. The van der Waals surface area contributed by atoms with Crippen LogP contribution in [-0.4, -0.2) is 36.6 Å². The van der Waals surface area contributed by atoms with Crippen molar-refractivity contribution in [3.8, 4) is 0 Å². The van der Waals surface area contributed by atoms with Crippen molar-refractivity contribution in [1.29, 1.82) is 0 Å². The SMILES string of the molecule is CC(C)(C)[C@@H](CN1CCc2ccccc2C1)NC(=O)NCC1CC1. The van der Waals surface area contributed by atoms with E-state index >= 15 is 0 Å². The van der Waals surface area contributed by atoms with E-state index < -0.39 is 0 Å². The van der Waals surface area contributed by atoms with Crippen molar-refractivity contribution in [3.63, 3.8) is 0 Å². The Balaban J connectivity index is 1.57. The molecule has 1 aliphatic carbocycles. The Bertz CT molecular complexity index is 574. The summed E-state index contributed by atoms with van der Waals surface area (Å²) in [6.45, 7) is 10.4. The average Bonchev–Trinajstić information content (AvgIpc) is 3.35. The maximum atomic E-state index is 12.2. The molecule has 0 spiro atoms. The van der Waals surface area contributed by atoms with E-state index in [1.807, 2.05) is 0 Å². The van der Waals surface area contributed by atoms with Crippen LogP contribution in [0.15, 0.2) is 24.3 Å². The van der Waals surface area contributed by atoms with Crippen LogP contribution in [0.3, 0.4) is 0 Å². The fraction of sp³-hybridized carbons (Fsp3) is 0.650. The third kappa shape index (κ3) is 4.73. The first kappa shape index (κ1) is 17.3. The number of amides is 2. The van der Waals surface area contributed by atoms with Crippen LogP contribution in [0.25, 0.3) is 0 Å². The lowest BCUT2D eigenvalue weighted by Crippen LogP contribution is -2.54. The number of nitrogens with zero attached hydrogens (tertiary/aromatic N) is 1. The van der Waals surface area contributed by atoms with E-state index in [0.717, 1.165) is 32.6 Å². The summed E-state index contributed by atoms with van der Waals surface area (Å²) in [5.74, 6) is 0.711. The summed E-state index contributed by atoms with van der Waals surface area (Å²) in [6.07, 6.45) is 3.62. The van der Waals surface area contributed by atoms with E-state index in [2.05, 4.69) is 60.6 Å². The topological polar surface area (TPSA) is 44.4 Å². The number of carbonyl (C=O) groups excluding carboxylic acids is 1. The standard InChI is InChI=1S/C20H31N3O/c1-20(2,3)18(22-19(24)21-12-15-8-9-15)14-23-11-10-16-6-4-5-7-17(16)13-23/h4-7,15,18H,8-14H2,1-3H3,(H2,21,22,24)/t18-/m1/s1. The van der Waals surface area contributed by atoms with Gasteiger partial charge in [0, 0.05) is 32.2 Å². The second-order valence-electron chi connectivity index (χ2n) is 8.47. The molecule has 1 saturated carbocycles. The predicted molar refractivity (Wildman–Crippen MR) is 97.9 cm³/mol. The highest BCUT2D eigenvalue weighted by molar-refractivity contribution is 5.74. The number of hydrogen-bond acceptors (Lipinski definition) is 2. The Morgan fingerprint density at radius 1 is 1.25 bits per heavy atom.